The monoisotopic (exact) mass is 314 g/mol. The largest absolute Gasteiger partial charge is 0.507 e. The number of phenolic OH excluding ortho intramolecular Hbond substituents is 1. The number of amides is 1. The van der Waals surface area contributed by atoms with Crippen LogP contribution in [0.4, 0.5) is 4.39 Å². The van der Waals surface area contributed by atoms with Crippen molar-refractivity contribution < 1.29 is 14.3 Å². The molecule has 1 unspecified atom stereocenters. The Morgan fingerprint density at radius 1 is 1.17 bits per heavy atom. The number of benzene rings is 1. The van der Waals surface area contributed by atoms with E-state index in [2.05, 4.69) is 4.98 Å². The average molecular weight is 314 g/mol. The summed E-state index contributed by atoms with van der Waals surface area (Å²) in [5.74, 6) is -1.45. The Bertz CT molecular complexity index is 670. The van der Waals surface area contributed by atoms with Gasteiger partial charge in [-0.05, 0) is 42.7 Å². The maximum absolute atomic E-state index is 14.1. The number of carbonyl (C=O) groups is 1. The maximum atomic E-state index is 14.1. The van der Waals surface area contributed by atoms with Gasteiger partial charge in [-0.1, -0.05) is 18.9 Å². The molecule has 1 fully saturated rings. The molecule has 1 N–H and O–H groups in total. The van der Waals surface area contributed by atoms with Gasteiger partial charge in [0.25, 0.3) is 5.91 Å². The number of halogens is 1. The predicted molar refractivity (Wildman–Crippen MR) is 84.5 cm³/mol. The van der Waals surface area contributed by atoms with Gasteiger partial charge in [-0.25, -0.2) is 4.39 Å². The lowest BCUT2D eigenvalue weighted by Gasteiger charge is -2.30. The molecule has 1 aliphatic rings. The Labute approximate surface area is 134 Å². The van der Waals surface area contributed by atoms with Crippen molar-refractivity contribution in [1.29, 1.82) is 0 Å². The number of aromatic hydroxyl groups is 1. The Balaban J connectivity index is 1.98. The van der Waals surface area contributed by atoms with Crippen LogP contribution in [0.3, 0.4) is 0 Å². The van der Waals surface area contributed by atoms with Crippen molar-refractivity contribution in [2.75, 3.05) is 6.54 Å². The summed E-state index contributed by atoms with van der Waals surface area (Å²) >= 11 is 0. The van der Waals surface area contributed by atoms with Gasteiger partial charge in [-0.2, -0.15) is 0 Å². The Kier molecular flexibility index (Phi) is 4.55. The van der Waals surface area contributed by atoms with Crippen molar-refractivity contribution in [3.05, 3.63) is 59.7 Å². The van der Waals surface area contributed by atoms with Crippen molar-refractivity contribution in [3.63, 3.8) is 0 Å². The maximum Gasteiger partial charge on any atom is 0.261 e. The van der Waals surface area contributed by atoms with Crippen LogP contribution in [0.15, 0.2) is 42.7 Å². The van der Waals surface area contributed by atoms with Gasteiger partial charge in [0, 0.05) is 18.9 Å². The summed E-state index contributed by atoms with van der Waals surface area (Å²) in [6.45, 7) is 0.555. The number of hydrogen-bond donors (Lipinski definition) is 1. The fourth-order valence-electron chi connectivity index (χ4n) is 3.15. The third-order valence-electron chi connectivity index (χ3n) is 4.31. The van der Waals surface area contributed by atoms with E-state index in [1.54, 1.807) is 17.3 Å². The van der Waals surface area contributed by atoms with Crippen LogP contribution in [-0.2, 0) is 0 Å². The minimum atomic E-state index is -0.687. The molecule has 1 aliphatic heterocycles. The van der Waals surface area contributed by atoms with Crippen LogP contribution < -0.4 is 0 Å². The van der Waals surface area contributed by atoms with E-state index < -0.39 is 11.7 Å². The van der Waals surface area contributed by atoms with Gasteiger partial charge in [0.05, 0.1) is 6.04 Å². The highest BCUT2D eigenvalue weighted by Crippen LogP contribution is 2.33. The fourth-order valence-corrected chi connectivity index (χ4v) is 3.15. The molecule has 120 valence electrons. The number of pyridine rings is 1. The highest BCUT2D eigenvalue weighted by atomic mass is 19.1. The number of carbonyl (C=O) groups excluding carboxylic acids is 1. The molecule has 2 aromatic rings. The molecule has 0 spiro atoms. The number of hydrogen-bond acceptors (Lipinski definition) is 3. The molecule has 23 heavy (non-hydrogen) atoms. The molecule has 4 nitrogen and oxygen atoms in total. The number of phenols is 1. The summed E-state index contributed by atoms with van der Waals surface area (Å²) in [4.78, 5) is 18.6. The van der Waals surface area contributed by atoms with Crippen molar-refractivity contribution in [2.24, 2.45) is 0 Å². The molecule has 1 saturated heterocycles. The number of aromatic nitrogens is 1. The molecule has 2 heterocycles. The molecule has 0 saturated carbocycles. The zero-order valence-corrected chi connectivity index (χ0v) is 12.8. The summed E-state index contributed by atoms with van der Waals surface area (Å²) in [5, 5.41) is 9.92. The Morgan fingerprint density at radius 3 is 2.70 bits per heavy atom. The topological polar surface area (TPSA) is 53.4 Å². The van der Waals surface area contributed by atoms with Crippen LogP contribution in [0.1, 0.15) is 47.6 Å². The van der Waals surface area contributed by atoms with Crippen LogP contribution in [0.25, 0.3) is 0 Å². The number of nitrogens with zero attached hydrogens (tertiary/aromatic N) is 2. The first-order valence-electron chi connectivity index (χ1n) is 7.87. The molecule has 0 radical (unpaired) electrons. The van der Waals surface area contributed by atoms with Gasteiger partial charge in [0.2, 0.25) is 0 Å². The molecule has 1 atom stereocenters. The van der Waals surface area contributed by atoms with Gasteiger partial charge in [0.15, 0.2) is 0 Å². The van der Waals surface area contributed by atoms with Gasteiger partial charge < -0.3 is 10.0 Å². The smallest absolute Gasteiger partial charge is 0.261 e. The summed E-state index contributed by atoms with van der Waals surface area (Å²) in [6, 6.07) is 7.59. The lowest BCUT2D eigenvalue weighted by molar-refractivity contribution is 0.0672. The van der Waals surface area contributed by atoms with E-state index in [1.807, 2.05) is 12.1 Å². The van der Waals surface area contributed by atoms with Crippen molar-refractivity contribution in [3.8, 4) is 5.75 Å². The first kappa shape index (κ1) is 15.5. The molecule has 1 amide bonds. The van der Waals surface area contributed by atoms with E-state index in [0.29, 0.717) is 6.54 Å². The second-order valence-electron chi connectivity index (χ2n) is 5.78. The van der Waals surface area contributed by atoms with Crippen LogP contribution in [0, 0.1) is 5.82 Å². The lowest BCUT2D eigenvalue weighted by Crippen LogP contribution is -2.35. The summed E-state index contributed by atoms with van der Waals surface area (Å²) in [7, 11) is 0. The van der Waals surface area contributed by atoms with E-state index in [4.69, 9.17) is 0 Å². The highest BCUT2D eigenvalue weighted by Gasteiger charge is 2.30. The molecular formula is C18H19FN2O2. The van der Waals surface area contributed by atoms with Gasteiger partial charge in [0.1, 0.15) is 17.1 Å². The Morgan fingerprint density at radius 2 is 1.96 bits per heavy atom. The van der Waals surface area contributed by atoms with E-state index in [1.165, 1.54) is 18.2 Å². The summed E-state index contributed by atoms with van der Waals surface area (Å²) in [6.07, 6.45) is 7.15. The number of rotatable bonds is 2. The molecular weight excluding hydrogens is 295 g/mol. The quantitative estimate of drug-likeness (QED) is 0.920. The summed E-state index contributed by atoms with van der Waals surface area (Å²) in [5.41, 5.74) is 0.750. The van der Waals surface area contributed by atoms with Crippen molar-refractivity contribution in [2.45, 2.75) is 31.7 Å². The third-order valence-corrected chi connectivity index (χ3v) is 4.31. The minimum absolute atomic E-state index is 0.119. The summed E-state index contributed by atoms with van der Waals surface area (Å²) < 4.78 is 14.1. The van der Waals surface area contributed by atoms with E-state index in [9.17, 15) is 14.3 Å². The minimum Gasteiger partial charge on any atom is -0.507 e. The lowest BCUT2D eigenvalue weighted by atomic mass is 10.0. The second-order valence-corrected chi connectivity index (χ2v) is 5.78. The van der Waals surface area contributed by atoms with Crippen LogP contribution in [-0.4, -0.2) is 27.4 Å². The van der Waals surface area contributed by atoms with E-state index in [0.717, 1.165) is 31.2 Å². The molecule has 1 aromatic carbocycles. The average Bonchev–Trinajstić information content (AvgIpc) is 2.81. The van der Waals surface area contributed by atoms with Gasteiger partial charge >= 0.3 is 0 Å². The van der Waals surface area contributed by atoms with Crippen molar-refractivity contribution >= 4 is 5.91 Å². The third kappa shape index (κ3) is 3.18. The van der Waals surface area contributed by atoms with E-state index in [-0.39, 0.29) is 17.4 Å². The van der Waals surface area contributed by atoms with Crippen LogP contribution in [0.2, 0.25) is 0 Å². The highest BCUT2D eigenvalue weighted by molar-refractivity contribution is 5.97. The molecule has 0 bridgehead atoms. The fraction of sp³-hybridized carbons (Fsp3) is 0.333. The standard InChI is InChI=1S/C18H19FN2O2/c19-14-5-4-7-16(22)17(14)18(23)21-12-3-1-2-6-15(21)13-8-10-20-11-9-13/h4-5,7-11,15,22H,1-3,6,12H2. The van der Waals surface area contributed by atoms with Gasteiger partial charge in [-0.3, -0.25) is 9.78 Å². The molecule has 3 rings (SSSR count). The van der Waals surface area contributed by atoms with Crippen molar-refractivity contribution in [1.82, 2.24) is 9.88 Å². The second kappa shape index (κ2) is 6.77. The first-order chi connectivity index (χ1) is 11.2. The molecule has 5 heteroatoms. The number of likely N-dealkylation sites (tertiary alicyclic amines) is 1. The first-order valence-corrected chi connectivity index (χ1v) is 7.87. The van der Waals surface area contributed by atoms with Crippen LogP contribution in [0.5, 0.6) is 5.75 Å². The molecule has 0 aliphatic carbocycles. The Hall–Kier alpha value is -2.43. The van der Waals surface area contributed by atoms with Gasteiger partial charge in [-0.15, -0.1) is 0 Å². The zero-order valence-electron chi connectivity index (χ0n) is 12.8. The molecule has 1 aromatic heterocycles. The predicted octanol–water partition coefficient (Wildman–Crippen LogP) is 3.68. The zero-order chi connectivity index (χ0) is 16.2. The SMILES string of the molecule is O=C(c1c(O)cccc1F)N1CCCCCC1c1ccncc1. The van der Waals surface area contributed by atoms with Crippen LogP contribution >= 0.6 is 0 Å². The van der Waals surface area contributed by atoms with E-state index >= 15 is 0 Å². The normalized spacial score (nSPS) is 18.5.